The molecule has 0 aromatic heterocycles. The lowest BCUT2D eigenvalue weighted by Gasteiger charge is -2.08. The number of benzene rings is 3. The summed E-state index contributed by atoms with van der Waals surface area (Å²) in [5.74, 6) is -1.77. The molecule has 3 aromatic rings. The number of nitro benzene ring substituents is 1. The number of fused-ring (bicyclic) bond motifs is 1. The molecule has 0 aliphatic rings. The monoisotopic (exact) mass is 366 g/mol. The Morgan fingerprint density at radius 1 is 1.04 bits per heavy atom. The fraction of sp³-hybridized carbons (Fsp3) is 0.0526. The topological polar surface area (TPSA) is 119 Å². The normalized spacial score (nSPS) is 10.4. The standard InChI is InChI=1S/C19H14N2O6/c22-17-9-13-5-2-1-4-12(13)8-16(17)19(24)27-11-18(23)20-14-6-3-7-15(10-14)21(25)26/h1-10,22H,11H2,(H,20,23). The highest BCUT2D eigenvalue weighted by molar-refractivity contribution is 6.00. The van der Waals surface area contributed by atoms with E-state index in [4.69, 9.17) is 4.74 Å². The first-order valence-corrected chi connectivity index (χ1v) is 7.87. The number of esters is 1. The molecule has 2 N–H and O–H groups in total. The van der Waals surface area contributed by atoms with Crippen LogP contribution in [-0.4, -0.2) is 28.5 Å². The number of non-ortho nitro benzene ring substituents is 1. The van der Waals surface area contributed by atoms with Crippen LogP contribution in [0, 0.1) is 10.1 Å². The summed E-state index contributed by atoms with van der Waals surface area (Å²) in [5.41, 5.74) is -0.0264. The molecule has 3 aromatic carbocycles. The van der Waals surface area contributed by atoms with Crippen LogP contribution in [0.4, 0.5) is 11.4 Å². The Hall–Kier alpha value is -3.94. The highest BCUT2D eigenvalue weighted by Gasteiger charge is 2.16. The molecule has 0 spiro atoms. The van der Waals surface area contributed by atoms with Crippen LogP contribution in [0.5, 0.6) is 5.75 Å². The quantitative estimate of drug-likeness (QED) is 0.406. The number of amides is 1. The van der Waals surface area contributed by atoms with Gasteiger partial charge < -0.3 is 15.2 Å². The number of carbonyl (C=O) groups excluding carboxylic acids is 2. The van der Waals surface area contributed by atoms with Gasteiger partial charge in [0.05, 0.1) is 4.92 Å². The smallest absolute Gasteiger partial charge is 0.342 e. The zero-order valence-electron chi connectivity index (χ0n) is 13.9. The van der Waals surface area contributed by atoms with E-state index < -0.39 is 23.4 Å². The highest BCUT2D eigenvalue weighted by atomic mass is 16.6. The molecule has 0 atom stereocenters. The molecule has 0 unspecified atom stereocenters. The molecule has 0 saturated heterocycles. The van der Waals surface area contributed by atoms with Gasteiger partial charge in [0.15, 0.2) is 6.61 Å². The third kappa shape index (κ3) is 4.18. The van der Waals surface area contributed by atoms with E-state index >= 15 is 0 Å². The van der Waals surface area contributed by atoms with Crippen molar-refractivity contribution in [2.75, 3.05) is 11.9 Å². The minimum Gasteiger partial charge on any atom is -0.507 e. The lowest BCUT2D eigenvalue weighted by atomic mass is 10.1. The summed E-state index contributed by atoms with van der Waals surface area (Å²) in [5, 5.41) is 24.6. The van der Waals surface area contributed by atoms with Gasteiger partial charge in [0.1, 0.15) is 11.3 Å². The van der Waals surface area contributed by atoms with Gasteiger partial charge in [-0.2, -0.15) is 0 Å². The Bertz CT molecular complexity index is 1050. The second-order valence-electron chi connectivity index (χ2n) is 5.65. The van der Waals surface area contributed by atoms with E-state index in [2.05, 4.69) is 5.32 Å². The summed E-state index contributed by atoms with van der Waals surface area (Å²) >= 11 is 0. The van der Waals surface area contributed by atoms with Crippen molar-refractivity contribution < 1.29 is 24.4 Å². The molecule has 136 valence electrons. The summed E-state index contributed by atoms with van der Waals surface area (Å²) in [6, 6.07) is 15.5. The third-order valence-corrected chi connectivity index (χ3v) is 3.76. The van der Waals surface area contributed by atoms with Crippen LogP contribution in [-0.2, 0) is 9.53 Å². The van der Waals surface area contributed by atoms with Crippen molar-refractivity contribution >= 4 is 34.0 Å². The van der Waals surface area contributed by atoms with Crippen LogP contribution in [0.15, 0.2) is 60.7 Å². The van der Waals surface area contributed by atoms with Gasteiger partial charge in [-0.25, -0.2) is 4.79 Å². The maximum Gasteiger partial charge on any atom is 0.342 e. The average molecular weight is 366 g/mol. The summed E-state index contributed by atoms with van der Waals surface area (Å²) in [7, 11) is 0. The molecule has 0 bridgehead atoms. The SMILES string of the molecule is O=C(COC(=O)c1cc2ccccc2cc1O)Nc1cccc([N+](=O)[O-])c1. The summed E-state index contributed by atoms with van der Waals surface area (Å²) < 4.78 is 4.92. The number of ether oxygens (including phenoxy) is 1. The number of anilines is 1. The first kappa shape index (κ1) is 17.9. The maximum absolute atomic E-state index is 12.2. The number of phenols is 1. The number of nitro groups is 1. The van der Waals surface area contributed by atoms with Crippen molar-refractivity contribution in [3.05, 3.63) is 76.3 Å². The average Bonchev–Trinajstić information content (AvgIpc) is 2.65. The molecular formula is C19H14N2O6. The van der Waals surface area contributed by atoms with Gasteiger partial charge in [-0.05, 0) is 29.0 Å². The summed E-state index contributed by atoms with van der Waals surface area (Å²) in [4.78, 5) is 34.2. The van der Waals surface area contributed by atoms with E-state index in [0.29, 0.717) is 0 Å². The molecule has 8 heteroatoms. The van der Waals surface area contributed by atoms with E-state index in [0.717, 1.165) is 10.8 Å². The summed E-state index contributed by atoms with van der Waals surface area (Å²) in [6.07, 6.45) is 0. The molecule has 1 amide bonds. The third-order valence-electron chi connectivity index (χ3n) is 3.76. The number of aromatic hydroxyl groups is 1. The Morgan fingerprint density at radius 2 is 1.74 bits per heavy atom. The number of hydrogen-bond acceptors (Lipinski definition) is 6. The van der Waals surface area contributed by atoms with E-state index in [1.54, 1.807) is 24.3 Å². The minimum absolute atomic E-state index is 0.0585. The molecule has 0 aliphatic carbocycles. The van der Waals surface area contributed by atoms with Gasteiger partial charge >= 0.3 is 5.97 Å². The van der Waals surface area contributed by atoms with Crippen LogP contribution in [0.2, 0.25) is 0 Å². The number of nitrogens with zero attached hydrogens (tertiary/aromatic N) is 1. The van der Waals surface area contributed by atoms with Crippen molar-refractivity contribution in [2.24, 2.45) is 0 Å². The molecular weight excluding hydrogens is 352 g/mol. The number of carbonyl (C=O) groups is 2. The minimum atomic E-state index is -0.854. The molecule has 0 saturated carbocycles. The van der Waals surface area contributed by atoms with Gasteiger partial charge in [-0.15, -0.1) is 0 Å². The lowest BCUT2D eigenvalue weighted by molar-refractivity contribution is -0.384. The number of rotatable bonds is 5. The van der Waals surface area contributed by atoms with E-state index in [9.17, 15) is 24.8 Å². The Balaban J connectivity index is 1.65. The van der Waals surface area contributed by atoms with Gasteiger partial charge in [0.2, 0.25) is 0 Å². The van der Waals surface area contributed by atoms with Gasteiger partial charge in [-0.3, -0.25) is 14.9 Å². The van der Waals surface area contributed by atoms with Crippen LogP contribution in [0.1, 0.15) is 10.4 Å². The predicted molar refractivity (Wildman–Crippen MR) is 97.6 cm³/mol. The first-order chi connectivity index (χ1) is 12.9. The number of phenolic OH excluding ortho intramolecular Hbond substituents is 1. The van der Waals surface area contributed by atoms with Crippen molar-refractivity contribution in [3.63, 3.8) is 0 Å². The lowest BCUT2D eigenvalue weighted by Crippen LogP contribution is -2.21. The second kappa shape index (κ2) is 7.52. The fourth-order valence-electron chi connectivity index (χ4n) is 2.49. The van der Waals surface area contributed by atoms with Crippen LogP contribution < -0.4 is 5.32 Å². The number of hydrogen-bond donors (Lipinski definition) is 2. The molecule has 0 aliphatic heterocycles. The highest BCUT2D eigenvalue weighted by Crippen LogP contribution is 2.25. The van der Waals surface area contributed by atoms with E-state index in [1.807, 2.05) is 0 Å². The van der Waals surface area contributed by atoms with E-state index in [-0.39, 0.29) is 22.7 Å². The van der Waals surface area contributed by atoms with Crippen molar-refractivity contribution in [1.82, 2.24) is 0 Å². The Kier molecular flexibility index (Phi) is 4.98. The molecule has 27 heavy (non-hydrogen) atoms. The molecule has 0 radical (unpaired) electrons. The summed E-state index contributed by atoms with van der Waals surface area (Å²) in [6.45, 7) is -0.603. The molecule has 0 fully saturated rings. The van der Waals surface area contributed by atoms with Crippen molar-refractivity contribution in [1.29, 1.82) is 0 Å². The van der Waals surface area contributed by atoms with Gasteiger partial charge in [0.25, 0.3) is 11.6 Å². The zero-order valence-corrected chi connectivity index (χ0v) is 13.9. The van der Waals surface area contributed by atoms with Crippen LogP contribution in [0.3, 0.4) is 0 Å². The molecule has 3 rings (SSSR count). The fourth-order valence-corrected chi connectivity index (χ4v) is 2.49. The van der Waals surface area contributed by atoms with Crippen LogP contribution in [0.25, 0.3) is 10.8 Å². The number of nitrogens with one attached hydrogen (secondary N) is 1. The van der Waals surface area contributed by atoms with Crippen molar-refractivity contribution in [3.8, 4) is 5.75 Å². The first-order valence-electron chi connectivity index (χ1n) is 7.87. The Labute approximate surface area is 153 Å². The van der Waals surface area contributed by atoms with Crippen LogP contribution >= 0.6 is 0 Å². The van der Waals surface area contributed by atoms with Gasteiger partial charge in [0, 0.05) is 17.8 Å². The van der Waals surface area contributed by atoms with Crippen molar-refractivity contribution in [2.45, 2.75) is 0 Å². The van der Waals surface area contributed by atoms with E-state index in [1.165, 1.54) is 36.4 Å². The van der Waals surface area contributed by atoms with Gasteiger partial charge in [-0.1, -0.05) is 30.3 Å². The zero-order chi connectivity index (χ0) is 19.4. The molecule has 0 heterocycles. The molecule has 8 nitrogen and oxygen atoms in total. The predicted octanol–water partition coefficient (Wildman–Crippen LogP) is 3.25. The second-order valence-corrected chi connectivity index (χ2v) is 5.65. The Morgan fingerprint density at radius 3 is 2.44 bits per heavy atom. The maximum atomic E-state index is 12.2. The largest absolute Gasteiger partial charge is 0.507 e.